The van der Waals surface area contributed by atoms with Crippen molar-refractivity contribution in [2.75, 3.05) is 0 Å². The number of rotatable bonds is 4. The third kappa shape index (κ3) is 2.42. The summed E-state index contributed by atoms with van der Waals surface area (Å²) in [5.74, 6) is 1.99. The van der Waals surface area contributed by atoms with E-state index in [0.29, 0.717) is 11.8 Å². The largest absolute Gasteiger partial charge is 0.339 e. The average molecular weight is 246 g/mol. The molecule has 1 aromatic carbocycles. The van der Waals surface area contributed by atoms with E-state index in [1.54, 1.807) is 12.1 Å². The van der Waals surface area contributed by atoms with Crippen molar-refractivity contribution in [1.29, 1.82) is 0 Å². The highest BCUT2D eigenvalue weighted by Gasteiger charge is 2.29. The Labute approximate surface area is 105 Å². The zero-order valence-corrected chi connectivity index (χ0v) is 10.3. The highest BCUT2D eigenvalue weighted by atomic mass is 19.1. The Bertz CT molecular complexity index is 531. The lowest BCUT2D eigenvalue weighted by Gasteiger charge is -2.06. The third-order valence-corrected chi connectivity index (χ3v) is 3.28. The highest BCUT2D eigenvalue weighted by Crippen LogP contribution is 2.38. The number of benzene rings is 1. The van der Waals surface area contributed by atoms with E-state index < -0.39 is 0 Å². The van der Waals surface area contributed by atoms with E-state index in [0.717, 1.165) is 17.8 Å². The fourth-order valence-corrected chi connectivity index (χ4v) is 2.02. The van der Waals surface area contributed by atoms with Gasteiger partial charge in [0.1, 0.15) is 5.82 Å². The van der Waals surface area contributed by atoms with Gasteiger partial charge in [0.25, 0.3) is 0 Å². The molecule has 0 amide bonds. The van der Waals surface area contributed by atoms with Gasteiger partial charge in [0.05, 0.1) is 0 Å². The predicted octanol–water partition coefficient (Wildman–Crippen LogP) is 3.43. The van der Waals surface area contributed by atoms with Crippen LogP contribution in [0.3, 0.4) is 0 Å². The Morgan fingerprint density at radius 1 is 1.33 bits per heavy atom. The van der Waals surface area contributed by atoms with Crippen molar-refractivity contribution in [2.24, 2.45) is 0 Å². The molecule has 0 radical (unpaired) electrons. The number of hydrogen-bond donors (Lipinski definition) is 0. The van der Waals surface area contributed by atoms with Crippen LogP contribution in [0.2, 0.25) is 0 Å². The molecule has 0 N–H and O–H groups in total. The van der Waals surface area contributed by atoms with Crippen molar-refractivity contribution in [3.05, 3.63) is 47.4 Å². The molecule has 1 atom stereocenters. The Balaban J connectivity index is 1.69. The van der Waals surface area contributed by atoms with Gasteiger partial charge in [-0.3, -0.25) is 0 Å². The molecule has 1 aliphatic rings. The van der Waals surface area contributed by atoms with E-state index in [4.69, 9.17) is 4.52 Å². The second-order valence-corrected chi connectivity index (χ2v) is 5.00. The van der Waals surface area contributed by atoms with Gasteiger partial charge < -0.3 is 4.52 Å². The minimum absolute atomic E-state index is 0.162. The Kier molecular flexibility index (Phi) is 2.86. The van der Waals surface area contributed by atoms with Crippen LogP contribution in [0.4, 0.5) is 4.39 Å². The summed E-state index contributed by atoms with van der Waals surface area (Å²) in [7, 11) is 0. The molecule has 2 aromatic rings. The van der Waals surface area contributed by atoms with E-state index in [9.17, 15) is 4.39 Å². The summed E-state index contributed by atoms with van der Waals surface area (Å²) in [4.78, 5) is 4.43. The normalized spacial score (nSPS) is 16.8. The summed E-state index contributed by atoms with van der Waals surface area (Å²) in [6.45, 7) is 2.05. The lowest BCUT2D eigenvalue weighted by Crippen LogP contribution is -1.99. The fraction of sp³-hybridized carbons (Fsp3) is 0.429. The minimum Gasteiger partial charge on any atom is -0.339 e. The standard InChI is InChI=1S/C14H15FN2O/c1-9(8-10-2-6-12(15)7-3-10)14-16-13(17-18-14)11-4-5-11/h2-3,6-7,9,11H,4-5,8H2,1H3/t9-/m1/s1. The van der Waals surface area contributed by atoms with E-state index in [1.807, 2.05) is 6.92 Å². The molecule has 0 unspecified atom stereocenters. The van der Waals surface area contributed by atoms with E-state index in [1.165, 1.54) is 25.0 Å². The predicted molar refractivity (Wildman–Crippen MR) is 64.8 cm³/mol. The molecular weight excluding hydrogens is 231 g/mol. The van der Waals surface area contributed by atoms with Crippen LogP contribution in [0.25, 0.3) is 0 Å². The lowest BCUT2D eigenvalue weighted by molar-refractivity contribution is 0.354. The first-order chi connectivity index (χ1) is 8.72. The lowest BCUT2D eigenvalue weighted by atomic mass is 10.0. The van der Waals surface area contributed by atoms with Crippen molar-refractivity contribution < 1.29 is 8.91 Å². The van der Waals surface area contributed by atoms with Crippen LogP contribution in [0.15, 0.2) is 28.8 Å². The molecule has 0 saturated heterocycles. The molecule has 0 bridgehead atoms. The molecule has 18 heavy (non-hydrogen) atoms. The van der Waals surface area contributed by atoms with Gasteiger partial charge >= 0.3 is 0 Å². The Morgan fingerprint density at radius 3 is 2.72 bits per heavy atom. The maximum absolute atomic E-state index is 12.8. The zero-order chi connectivity index (χ0) is 12.5. The fourth-order valence-electron chi connectivity index (χ4n) is 2.02. The van der Waals surface area contributed by atoms with Gasteiger partial charge in [0.2, 0.25) is 5.89 Å². The van der Waals surface area contributed by atoms with E-state index in [-0.39, 0.29) is 11.7 Å². The number of hydrogen-bond acceptors (Lipinski definition) is 3. The van der Waals surface area contributed by atoms with Gasteiger partial charge in [-0.05, 0) is 37.0 Å². The smallest absolute Gasteiger partial charge is 0.229 e. The zero-order valence-electron chi connectivity index (χ0n) is 10.3. The van der Waals surface area contributed by atoms with Crippen LogP contribution < -0.4 is 0 Å². The summed E-state index contributed by atoms with van der Waals surface area (Å²) in [5, 5.41) is 4.01. The van der Waals surface area contributed by atoms with Gasteiger partial charge in [-0.25, -0.2) is 4.39 Å². The van der Waals surface area contributed by atoms with Crippen molar-refractivity contribution in [2.45, 2.75) is 38.0 Å². The number of aromatic nitrogens is 2. The summed E-state index contributed by atoms with van der Waals surface area (Å²) in [6, 6.07) is 6.55. The van der Waals surface area contributed by atoms with Crippen LogP contribution in [0.1, 0.15) is 48.9 Å². The second-order valence-electron chi connectivity index (χ2n) is 5.00. The molecule has 0 spiro atoms. The molecule has 1 saturated carbocycles. The summed E-state index contributed by atoms with van der Waals surface area (Å²) in [5.41, 5.74) is 1.08. The molecule has 3 nitrogen and oxygen atoms in total. The maximum Gasteiger partial charge on any atom is 0.229 e. The molecule has 3 rings (SSSR count). The van der Waals surface area contributed by atoms with Crippen molar-refractivity contribution >= 4 is 0 Å². The van der Waals surface area contributed by atoms with Gasteiger partial charge in [0, 0.05) is 11.8 Å². The van der Waals surface area contributed by atoms with Gasteiger partial charge in [-0.2, -0.15) is 4.98 Å². The first kappa shape index (κ1) is 11.4. The molecule has 0 aliphatic heterocycles. The summed E-state index contributed by atoms with van der Waals surface area (Å²) >= 11 is 0. The van der Waals surface area contributed by atoms with E-state index in [2.05, 4.69) is 10.1 Å². The van der Waals surface area contributed by atoms with E-state index >= 15 is 0 Å². The third-order valence-electron chi connectivity index (χ3n) is 3.28. The monoisotopic (exact) mass is 246 g/mol. The van der Waals surface area contributed by atoms with Crippen molar-refractivity contribution in [3.63, 3.8) is 0 Å². The van der Waals surface area contributed by atoms with Gasteiger partial charge in [-0.15, -0.1) is 0 Å². The van der Waals surface area contributed by atoms with Crippen LogP contribution in [-0.4, -0.2) is 10.1 Å². The minimum atomic E-state index is -0.208. The van der Waals surface area contributed by atoms with Gasteiger partial charge in [0.15, 0.2) is 5.82 Å². The quantitative estimate of drug-likeness (QED) is 0.829. The Morgan fingerprint density at radius 2 is 2.06 bits per heavy atom. The van der Waals surface area contributed by atoms with Crippen LogP contribution in [-0.2, 0) is 6.42 Å². The first-order valence-electron chi connectivity index (χ1n) is 6.30. The second kappa shape index (κ2) is 4.52. The highest BCUT2D eigenvalue weighted by molar-refractivity contribution is 5.18. The van der Waals surface area contributed by atoms with Crippen LogP contribution >= 0.6 is 0 Å². The van der Waals surface area contributed by atoms with Crippen LogP contribution in [0, 0.1) is 5.82 Å². The summed E-state index contributed by atoms with van der Waals surface area (Å²) < 4.78 is 18.1. The molecular formula is C14H15FN2O. The average Bonchev–Trinajstić information content (AvgIpc) is 3.10. The van der Waals surface area contributed by atoms with Crippen molar-refractivity contribution in [3.8, 4) is 0 Å². The SMILES string of the molecule is C[C@H](Cc1ccc(F)cc1)c1nc(C2CC2)no1. The van der Waals surface area contributed by atoms with Gasteiger partial charge in [-0.1, -0.05) is 24.2 Å². The maximum atomic E-state index is 12.8. The summed E-state index contributed by atoms with van der Waals surface area (Å²) in [6.07, 6.45) is 3.13. The number of halogens is 1. The molecule has 1 aromatic heterocycles. The molecule has 1 fully saturated rings. The topological polar surface area (TPSA) is 38.9 Å². The molecule has 1 heterocycles. The first-order valence-corrected chi connectivity index (χ1v) is 6.30. The molecule has 1 aliphatic carbocycles. The molecule has 4 heteroatoms. The van der Waals surface area contributed by atoms with Crippen molar-refractivity contribution in [1.82, 2.24) is 10.1 Å². The number of nitrogens with zero attached hydrogens (tertiary/aromatic N) is 2. The molecule has 94 valence electrons. The Hall–Kier alpha value is -1.71. The van der Waals surface area contributed by atoms with Crippen LogP contribution in [0.5, 0.6) is 0 Å².